The molecule has 0 saturated heterocycles. The number of aliphatic hydroxyl groups excluding tert-OH is 1. The third-order valence-electron chi connectivity index (χ3n) is 3.23. The molecule has 0 bridgehead atoms. The van der Waals surface area contributed by atoms with Gasteiger partial charge in [0, 0.05) is 11.1 Å². The molecule has 0 fully saturated rings. The van der Waals surface area contributed by atoms with Gasteiger partial charge < -0.3 is 14.3 Å². The van der Waals surface area contributed by atoms with Crippen LogP contribution in [-0.2, 0) is 6.61 Å². The zero-order chi connectivity index (χ0) is 14.7. The Bertz CT molecular complexity index is 739. The summed E-state index contributed by atoms with van der Waals surface area (Å²) in [7, 11) is 1.62. The highest BCUT2D eigenvalue weighted by Gasteiger charge is 2.10. The van der Waals surface area contributed by atoms with Gasteiger partial charge in [0.25, 0.3) is 0 Å². The summed E-state index contributed by atoms with van der Waals surface area (Å²) in [6.07, 6.45) is 1.30. The fourth-order valence-corrected chi connectivity index (χ4v) is 2.20. The van der Waals surface area contributed by atoms with E-state index in [1.54, 1.807) is 7.11 Å². The van der Waals surface area contributed by atoms with Crippen LogP contribution in [0.2, 0.25) is 0 Å². The van der Waals surface area contributed by atoms with E-state index < -0.39 is 0 Å². The van der Waals surface area contributed by atoms with Crippen LogP contribution < -0.4 is 4.74 Å². The summed E-state index contributed by atoms with van der Waals surface area (Å²) in [4.78, 5) is 0. The Morgan fingerprint density at radius 3 is 2.71 bits per heavy atom. The molecule has 0 radical (unpaired) electrons. The third-order valence-corrected chi connectivity index (χ3v) is 3.23. The van der Waals surface area contributed by atoms with Crippen LogP contribution >= 0.6 is 0 Å². The topological polar surface area (TPSA) is 68.4 Å². The Hall–Kier alpha value is -2.66. The molecule has 0 aliphatic rings. The lowest BCUT2D eigenvalue weighted by Gasteiger charge is -2.11. The number of hydrogen-bond acceptors (Lipinski definition) is 5. The quantitative estimate of drug-likeness (QED) is 0.796. The minimum atomic E-state index is -0.0135. The molecule has 1 N–H and O–H groups in total. The van der Waals surface area contributed by atoms with Crippen molar-refractivity contribution in [2.75, 3.05) is 7.11 Å². The SMILES string of the molecule is COc1ccc(CO)cc1-c1cccc(-c2nnco2)c1. The average molecular weight is 282 g/mol. The van der Waals surface area contributed by atoms with Crippen molar-refractivity contribution in [2.24, 2.45) is 0 Å². The maximum Gasteiger partial charge on any atom is 0.247 e. The summed E-state index contributed by atoms with van der Waals surface area (Å²) in [6, 6.07) is 13.3. The summed E-state index contributed by atoms with van der Waals surface area (Å²) in [6.45, 7) is -0.0135. The van der Waals surface area contributed by atoms with Gasteiger partial charge in [-0.05, 0) is 35.4 Å². The first kappa shape index (κ1) is 13.3. The smallest absolute Gasteiger partial charge is 0.247 e. The number of nitrogens with zero attached hydrogens (tertiary/aromatic N) is 2. The van der Waals surface area contributed by atoms with Crippen LogP contribution in [0.25, 0.3) is 22.6 Å². The Labute approximate surface area is 121 Å². The molecule has 0 spiro atoms. The van der Waals surface area contributed by atoms with E-state index in [2.05, 4.69) is 10.2 Å². The molecule has 21 heavy (non-hydrogen) atoms. The molecule has 5 heteroatoms. The first-order chi connectivity index (χ1) is 10.3. The molecule has 2 aromatic carbocycles. The van der Waals surface area contributed by atoms with Gasteiger partial charge in [0.05, 0.1) is 13.7 Å². The number of ether oxygens (including phenoxy) is 1. The Balaban J connectivity index is 2.10. The molecule has 0 unspecified atom stereocenters. The minimum absolute atomic E-state index is 0.0135. The van der Waals surface area contributed by atoms with Gasteiger partial charge in [-0.2, -0.15) is 0 Å². The first-order valence-corrected chi connectivity index (χ1v) is 6.46. The van der Waals surface area contributed by atoms with Crippen LogP contribution in [0.15, 0.2) is 53.3 Å². The van der Waals surface area contributed by atoms with Crippen molar-refractivity contribution in [3.63, 3.8) is 0 Å². The van der Waals surface area contributed by atoms with E-state index in [0.29, 0.717) is 5.89 Å². The van der Waals surface area contributed by atoms with E-state index >= 15 is 0 Å². The summed E-state index contributed by atoms with van der Waals surface area (Å²) in [5.74, 6) is 1.21. The molecule has 3 rings (SSSR count). The van der Waals surface area contributed by atoms with Gasteiger partial charge in [-0.1, -0.05) is 18.2 Å². The largest absolute Gasteiger partial charge is 0.496 e. The van der Waals surface area contributed by atoms with Crippen molar-refractivity contribution in [3.05, 3.63) is 54.4 Å². The highest BCUT2D eigenvalue weighted by molar-refractivity contribution is 5.74. The maximum absolute atomic E-state index is 9.30. The molecular weight excluding hydrogens is 268 g/mol. The van der Waals surface area contributed by atoms with Gasteiger partial charge in [-0.15, -0.1) is 10.2 Å². The van der Waals surface area contributed by atoms with Crippen LogP contribution in [-0.4, -0.2) is 22.4 Å². The van der Waals surface area contributed by atoms with Gasteiger partial charge in [0.15, 0.2) is 0 Å². The van der Waals surface area contributed by atoms with Crippen molar-refractivity contribution >= 4 is 0 Å². The molecule has 3 aromatic rings. The lowest BCUT2D eigenvalue weighted by molar-refractivity contribution is 0.281. The summed E-state index contributed by atoms with van der Waals surface area (Å²) >= 11 is 0. The van der Waals surface area contributed by atoms with E-state index in [1.165, 1.54) is 6.39 Å². The molecule has 0 amide bonds. The molecule has 5 nitrogen and oxygen atoms in total. The zero-order valence-electron chi connectivity index (χ0n) is 11.5. The molecule has 0 aliphatic heterocycles. The van der Waals surface area contributed by atoms with Crippen molar-refractivity contribution in [1.82, 2.24) is 10.2 Å². The van der Waals surface area contributed by atoms with Crippen LogP contribution in [0, 0.1) is 0 Å². The molecular formula is C16H14N2O3. The van der Waals surface area contributed by atoms with Gasteiger partial charge >= 0.3 is 0 Å². The van der Waals surface area contributed by atoms with Gasteiger partial charge in [-0.3, -0.25) is 0 Å². The van der Waals surface area contributed by atoms with Crippen LogP contribution in [0.1, 0.15) is 5.56 Å². The number of methoxy groups -OCH3 is 1. The predicted molar refractivity (Wildman–Crippen MR) is 77.6 cm³/mol. The fraction of sp³-hybridized carbons (Fsp3) is 0.125. The van der Waals surface area contributed by atoms with E-state index in [-0.39, 0.29) is 6.61 Å². The Morgan fingerprint density at radius 1 is 1.14 bits per heavy atom. The Morgan fingerprint density at radius 2 is 2.00 bits per heavy atom. The molecule has 106 valence electrons. The number of aliphatic hydroxyl groups is 1. The lowest BCUT2D eigenvalue weighted by Crippen LogP contribution is -1.91. The van der Waals surface area contributed by atoms with Crippen molar-refractivity contribution in [1.29, 1.82) is 0 Å². The molecule has 0 atom stereocenters. The third kappa shape index (κ3) is 2.64. The van der Waals surface area contributed by atoms with Gasteiger partial charge in [-0.25, -0.2) is 0 Å². The van der Waals surface area contributed by atoms with E-state index in [9.17, 15) is 5.11 Å². The van der Waals surface area contributed by atoms with Crippen molar-refractivity contribution < 1.29 is 14.3 Å². The van der Waals surface area contributed by atoms with Crippen molar-refractivity contribution in [2.45, 2.75) is 6.61 Å². The highest BCUT2D eigenvalue weighted by Crippen LogP contribution is 2.33. The summed E-state index contributed by atoms with van der Waals surface area (Å²) in [5, 5.41) is 16.9. The minimum Gasteiger partial charge on any atom is -0.496 e. The second kappa shape index (κ2) is 5.76. The number of rotatable bonds is 4. The van der Waals surface area contributed by atoms with Crippen LogP contribution in [0.4, 0.5) is 0 Å². The van der Waals surface area contributed by atoms with E-state index in [1.807, 2.05) is 42.5 Å². The lowest BCUT2D eigenvalue weighted by atomic mass is 10.00. The Kier molecular flexibility index (Phi) is 3.66. The molecule has 0 aliphatic carbocycles. The van der Waals surface area contributed by atoms with Gasteiger partial charge in [0.1, 0.15) is 5.75 Å². The highest BCUT2D eigenvalue weighted by atomic mass is 16.5. The maximum atomic E-state index is 9.30. The first-order valence-electron chi connectivity index (χ1n) is 6.46. The van der Waals surface area contributed by atoms with Crippen LogP contribution in [0.3, 0.4) is 0 Å². The number of aromatic nitrogens is 2. The molecule has 1 heterocycles. The molecule has 0 saturated carbocycles. The summed E-state index contributed by atoms with van der Waals surface area (Å²) < 4.78 is 10.6. The standard InChI is InChI=1S/C16H14N2O3/c1-20-15-6-5-11(9-19)7-14(15)12-3-2-4-13(8-12)16-18-17-10-21-16/h2-8,10,19H,9H2,1H3. The normalized spacial score (nSPS) is 10.6. The summed E-state index contributed by atoms with van der Waals surface area (Å²) in [5.41, 5.74) is 3.53. The number of benzene rings is 2. The average Bonchev–Trinajstić information content (AvgIpc) is 3.09. The second-order valence-electron chi connectivity index (χ2n) is 4.52. The second-order valence-corrected chi connectivity index (χ2v) is 4.52. The zero-order valence-corrected chi connectivity index (χ0v) is 11.5. The van der Waals surface area contributed by atoms with E-state index in [4.69, 9.17) is 9.15 Å². The fourth-order valence-electron chi connectivity index (χ4n) is 2.20. The monoisotopic (exact) mass is 282 g/mol. The van der Waals surface area contributed by atoms with Crippen LogP contribution in [0.5, 0.6) is 5.75 Å². The van der Waals surface area contributed by atoms with Crippen molar-refractivity contribution in [3.8, 4) is 28.3 Å². The molecule has 1 aromatic heterocycles. The van der Waals surface area contributed by atoms with Gasteiger partial charge in [0.2, 0.25) is 12.3 Å². The van der Waals surface area contributed by atoms with E-state index in [0.717, 1.165) is 28.0 Å². The predicted octanol–water partition coefficient (Wildman–Crippen LogP) is 2.90. The number of hydrogen-bond donors (Lipinski definition) is 1.